The quantitative estimate of drug-likeness (QED) is 0.661. The number of carbonyl (C=O) groups is 1. The van der Waals surface area contributed by atoms with E-state index < -0.39 is 0 Å². The SMILES string of the molecule is COc1cccc(NC(=O)c2ccc3nnc([C@H]4CN(CC5CC5)CCN4C)n3c2)c1. The zero-order valence-electron chi connectivity index (χ0n) is 18.0. The van der Waals surface area contributed by atoms with Crippen molar-refractivity contribution in [2.45, 2.75) is 18.9 Å². The van der Waals surface area contributed by atoms with Gasteiger partial charge in [-0.15, -0.1) is 10.2 Å². The highest BCUT2D eigenvalue weighted by molar-refractivity contribution is 6.04. The van der Waals surface area contributed by atoms with E-state index >= 15 is 0 Å². The van der Waals surface area contributed by atoms with Gasteiger partial charge >= 0.3 is 0 Å². The molecule has 2 aliphatic rings. The van der Waals surface area contributed by atoms with Gasteiger partial charge in [-0.05, 0) is 50.1 Å². The van der Waals surface area contributed by atoms with Crippen molar-refractivity contribution >= 4 is 17.2 Å². The number of methoxy groups -OCH3 is 1. The van der Waals surface area contributed by atoms with E-state index in [1.807, 2.05) is 34.9 Å². The van der Waals surface area contributed by atoms with Crippen molar-refractivity contribution in [2.24, 2.45) is 5.92 Å². The molecule has 1 amide bonds. The smallest absolute Gasteiger partial charge is 0.257 e. The maximum Gasteiger partial charge on any atom is 0.257 e. The van der Waals surface area contributed by atoms with Crippen molar-refractivity contribution in [3.8, 4) is 5.75 Å². The Hall–Kier alpha value is -2.97. The highest BCUT2D eigenvalue weighted by atomic mass is 16.5. The molecule has 1 N–H and O–H groups in total. The van der Waals surface area contributed by atoms with E-state index in [0.717, 1.165) is 37.0 Å². The van der Waals surface area contributed by atoms with Gasteiger partial charge in [0.1, 0.15) is 5.75 Å². The van der Waals surface area contributed by atoms with Crippen LogP contribution in [0.2, 0.25) is 0 Å². The molecule has 0 unspecified atom stereocenters. The third-order valence-corrected chi connectivity index (χ3v) is 6.26. The standard InChI is InChI=1S/C23H28N6O2/c1-27-10-11-28(13-16-6-7-16)15-20(27)22-26-25-21-9-8-17(14-29(21)22)23(30)24-18-4-3-5-19(12-18)31-2/h3-5,8-9,12,14,16,20H,6-7,10-11,13,15H2,1-2H3,(H,24,30)/t20-/m1/s1. The molecule has 1 saturated heterocycles. The van der Waals surface area contributed by atoms with Crippen molar-refractivity contribution < 1.29 is 9.53 Å². The summed E-state index contributed by atoms with van der Waals surface area (Å²) in [7, 11) is 3.75. The number of nitrogens with one attached hydrogen (secondary N) is 1. The van der Waals surface area contributed by atoms with E-state index in [0.29, 0.717) is 17.0 Å². The molecule has 0 bridgehead atoms. The van der Waals surface area contributed by atoms with Gasteiger partial charge in [-0.3, -0.25) is 19.0 Å². The molecule has 0 spiro atoms. The molecule has 0 radical (unpaired) electrons. The predicted molar refractivity (Wildman–Crippen MR) is 118 cm³/mol. The number of nitrogens with zero attached hydrogens (tertiary/aromatic N) is 5. The summed E-state index contributed by atoms with van der Waals surface area (Å²) in [5, 5.41) is 11.8. The first-order chi connectivity index (χ1) is 15.1. The van der Waals surface area contributed by atoms with E-state index in [1.165, 1.54) is 19.4 Å². The summed E-state index contributed by atoms with van der Waals surface area (Å²) >= 11 is 0. The zero-order valence-corrected chi connectivity index (χ0v) is 18.0. The Morgan fingerprint density at radius 3 is 2.87 bits per heavy atom. The maximum absolute atomic E-state index is 12.9. The summed E-state index contributed by atoms with van der Waals surface area (Å²) in [6.07, 6.45) is 4.56. The molecule has 2 fully saturated rings. The summed E-state index contributed by atoms with van der Waals surface area (Å²) in [6, 6.07) is 11.1. The van der Waals surface area contributed by atoms with Crippen molar-refractivity contribution in [3.05, 3.63) is 54.0 Å². The van der Waals surface area contributed by atoms with E-state index in [2.05, 4.69) is 32.4 Å². The Balaban J connectivity index is 1.39. The monoisotopic (exact) mass is 420 g/mol. The number of benzene rings is 1. The number of hydrogen-bond acceptors (Lipinski definition) is 6. The fourth-order valence-corrected chi connectivity index (χ4v) is 4.21. The second-order valence-electron chi connectivity index (χ2n) is 8.59. The minimum absolute atomic E-state index is 0.152. The Morgan fingerprint density at radius 2 is 2.06 bits per heavy atom. The number of likely N-dealkylation sites (N-methyl/N-ethyl adjacent to an activating group) is 1. The Kier molecular flexibility index (Phi) is 5.33. The zero-order chi connectivity index (χ0) is 21.4. The summed E-state index contributed by atoms with van der Waals surface area (Å²) in [5.41, 5.74) is 2.00. The lowest BCUT2D eigenvalue weighted by Crippen LogP contribution is -2.47. The minimum Gasteiger partial charge on any atom is -0.497 e. The Labute approximate surface area is 181 Å². The minimum atomic E-state index is -0.179. The van der Waals surface area contributed by atoms with E-state index in [-0.39, 0.29) is 11.9 Å². The first-order valence-electron chi connectivity index (χ1n) is 10.8. The van der Waals surface area contributed by atoms with Crippen LogP contribution >= 0.6 is 0 Å². The van der Waals surface area contributed by atoms with Gasteiger partial charge in [0.25, 0.3) is 5.91 Å². The molecular formula is C23H28N6O2. The lowest BCUT2D eigenvalue weighted by Gasteiger charge is -2.38. The van der Waals surface area contributed by atoms with Crippen LogP contribution in [0, 0.1) is 5.92 Å². The lowest BCUT2D eigenvalue weighted by atomic mass is 10.1. The summed E-state index contributed by atoms with van der Waals surface area (Å²) in [4.78, 5) is 17.8. The predicted octanol–water partition coefficient (Wildman–Crippen LogP) is 2.69. The van der Waals surface area contributed by atoms with Crippen LogP contribution in [-0.2, 0) is 0 Å². The van der Waals surface area contributed by atoms with Crippen LogP contribution < -0.4 is 10.1 Å². The van der Waals surface area contributed by atoms with Gasteiger partial charge in [0.2, 0.25) is 0 Å². The van der Waals surface area contributed by atoms with E-state index in [4.69, 9.17) is 4.74 Å². The number of hydrogen-bond donors (Lipinski definition) is 1. The molecule has 3 aromatic rings. The van der Waals surface area contributed by atoms with Gasteiger partial charge < -0.3 is 10.1 Å². The molecular weight excluding hydrogens is 392 g/mol. The topological polar surface area (TPSA) is 75.0 Å². The Morgan fingerprint density at radius 1 is 1.19 bits per heavy atom. The number of piperazine rings is 1. The molecule has 3 heterocycles. The Bertz CT molecular complexity index is 1090. The normalized spacial score (nSPS) is 20.1. The van der Waals surface area contributed by atoms with Crippen LogP contribution in [0.3, 0.4) is 0 Å². The van der Waals surface area contributed by atoms with Crippen LogP contribution in [0.15, 0.2) is 42.6 Å². The van der Waals surface area contributed by atoms with Gasteiger partial charge in [0, 0.05) is 44.1 Å². The molecule has 8 nitrogen and oxygen atoms in total. The largest absolute Gasteiger partial charge is 0.497 e. The van der Waals surface area contributed by atoms with Gasteiger partial charge in [-0.25, -0.2) is 0 Å². The molecule has 8 heteroatoms. The molecule has 1 aliphatic heterocycles. The number of ether oxygens (including phenoxy) is 1. The molecule has 2 aromatic heterocycles. The summed E-state index contributed by atoms with van der Waals surface area (Å²) in [6.45, 7) is 4.21. The molecule has 1 aromatic carbocycles. The average Bonchev–Trinajstić information content (AvgIpc) is 3.50. The van der Waals surface area contributed by atoms with Crippen molar-refractivity contribution in [1.29, 1.82) is 0 Å². The second kappa shape index (κ2) is 8.28. The van der Waals surface area contributed by atoms with Crippen molar-refractivity contribution in [3.63, 3.8) is 0 Å². The molecule has 1 atom stereocenters. The summed E-state index contributed by atoms with van der Waals surface area (Å²) in [5.74, 6) is 2.27. The average molecular weight is 421 g/mol. The maximum atomic E-state index is 12.9. The van der Waals surface area contributed by atoms with Crippen LogP contribution in [0.1, 0.15) is 35.1 Å². The molecule has 5 rings (SSSR count). The first kappa shape index (κ1) is 20.0. The number of pyridine rings is 1. The first-order valence-corrected chi connectivity index (χ1v) is 10.8. The number of fused-ring (bicyclic) bond motifs is 1. The third-order valence-electron chi connectivity index (χ3n) is 6.26. The van der Waals surface area contributed by atoms with Gasteiger partial charge in [-0.2, -0.15) is 0 Å². The van der Waals surface area contributed by atoms with E-state index in [1.54, 1.807) is 19.2 Å². The van der Waals surface area contributed by atoms with E-state index in [9.17, 15) is 4.79 Å². The van der Waals surface area contributed by atoms with Crippen LogP contribution in [0.25, 0.3) is 5.65 Å². The van der Waals surface area contributed by atoms with Gasteiger partial charge in [0.15, 0.2) is 11.5 Å². The number of rotatable bonds is 6. The van der Waals surface area contributed by atoms with Crippen molar-refractivity contribution in [2.75, 3.05) is 45.7 Å². The molecule has 162 valence electrons. The highest BCUT2D eigenvalue weighted by Crippen LogP contribution is 2.32. The number of aromatic nitrogens is 3. The second-order valence-corrected chi connectivity index (χ2v) is 8.59. The van der Waals surface area contributed by atoms with Crippen LogP contribution in [0.4, 0.5) is 5.69 Å². The van der Waals surface area contributed by atoms with Gasteiger partial charge in [0.05, 0.1) is 18.7 Å². The van der Waals surface area contributed by atoms with Gasteiger partial charge in [-0.1, -0.05) is 6.07 Å². The number of amides is 1. The fraction of sp³-hybridized carbons (Fsp3) is 0.435. The van der Waals surface area contributed by atoms with Crippen LogP contribution in [0.5, 0.6) is 5.75 Å². The summed E-state index contributed by atoms with van der Waals surface area (Å²) < 4.78 is 7.20. The third kappa shape index (κ3) is 4.26. The molecule has 1 saturated carbocycles. The lowest BCUT2D eigenvalue weighted by molar-refractivity contribution is 0.0870. The molecule has 31 heavy (non-hydrogen) atoms. The molecule has 1 aliphatic carbocycles. The fourth-order valence-electron chi connectivity index (χ4n) is 4.21. The highest BCUT2D eigenvalue weighted by Gasteiger charge is 2.32. The van der Waals surface area contributed by atoms with Crippen LogP contribution in [-0.4, -0.2) is 70.6 Å². The number of carbonyl (C=O) groups excluding carboxylic acids is 1. The van der Waals surface area contributed by atoms with Crippen molar-refractivity contribution in [1.82, 2.24) is 24.4 Å². The number of anilines is 1.